The third-order valence-electron chi connectivity index (χ3n) is 10.9. The van der Waals surface area contributed by atoms with Crippen LogP contribution in [-0.2, 0) is 18.9 Å². The van der Waals surface area contributed by atoms with Crippen molar-refractivity contribution in [1.82, 2.24) is 19.9 Å². The van der Waals surface area contributed by atoms with Crippen LogP contribution < -0.4 is 39.5 Å². The average Bonchev–Trinajstić information content (AvgIpc) is 4.10. The number of hydrogen-bond acceptors (Lipinski definition) is 18. The number of aliphatic hydroxyl groups excluding tert-OH is 2. The zero-order valence-corrected chi connectivity index (χ0v) is 37.6. The Morgan fingerprint density at radius 3 is 1.57 bits per heavy atom. The smallest absolute Gasteiger partial charge is 0.162 e. The summed E-state index contributed by atoms with van der Waals surface area (Å²) in [7, 11) is 6.30. The number of benzene rings is 4. The number of hydrogen-bond donors (Lipinski definition) is 4. The lowest BCUT2D eigenvalue weighted by atomic mass is 10.1. The predicted molar refractivity (Wildman–Crippen MR) is 241 cm³/mol. The molecule has 4 saturated heterocycles. The van der Waals surface area contributed by atoms with Crippen LogP contribution in [0.3, 0.4) is 0 Å². The van der Waals surface area contributed by atoms with Crippen LogP contribution in [-0.4, -0.2) is 134 Å². The first kappa shape index (κ1) is 46.1. The molecule has 0 aliphatic carbocycles. The molecule has 0 amide bonds. The number of nitrogens with two attached hydrogens (primary N) is 1. The maximum Gasteiger partial charge on any atom is 0.162 e. The number of nitrogens with one attached hydrogen (secondary N) is 1. The number of halogens is 3. The Hall–Kier alpha value is -5.41. The Labute approximate surface area is 387 Å². The van der Waals surface area contributed by atoms with Crippen molar-refractivity contribution in [1.29, 1.82) is 0 Å². The van der Waals surface area contributed by atoms with Gasteiger partial charge in [-0.1, -0.05) is 34.8 Å². The van der Waals surface area contributed by atoms with Gasteiger partial charge in [0.2, 0.25) is 0 Å². The number of aromatic nitrogens is 4. The number of ether oxygens (including phenoxy) is 10. The molecule has 4 fully saturated rings. The van der Waals surface area contributed by atoms with E-state index < -0.39 is 12.2 Å². The molecule has 0 bridgehead atoms. The molecule has 65 heavy (non-hydrogen) atoms. The summed E-state index contributed by atoms with van der Waals surface area (Å²) in [6, 6.07) is 17.6. The zero-order chi connectivity index (χ0) is 45.8. The Bertz CT molecular complexity index is 2640. The Morgan fingerprint density at radius 1 is 0.554 bits per heavy atom. The van der Waals surface area contributed by atoms with E-state index in [1.807, 2.05) is 12.1 Å². The second-order valence-corrected chi connectivity index (χ2v) is 16.1. The van der Waals surface area contributed by atoms with Crippen LogP contribution in [0.25, 0.3) is 21.8 Å². The molecule has 4 aliphatic heterocycles. The molecule has 344 valence electrons. The molecule has 2 aromatic heterocycles. The zero-order valence-electron chi connectivity index (χ0n) is 35.4. The minimum absolute atomic E-state index is 0.242. The first-order chi connectivity index (χ1) is 31.5. The average molecular weight is 956 g/mol. The van der Waals surface area contributed by atoms with E-state index in [0.717, 1.165) is 22.0 Å². The third kappa shape index (κ3) is 10.1. The normalized spacial score (nSPS) is 24.0. The quantitative estimate of drug-likeness (QED) is 0.0903. The largest absolute Gasteiger partial charge is 0.493 e. The lowest BCUT2D eigenvalue weighted by Crippen LogP contribution is -2.34. The molecular formula is C44H45Cl3N6O12. The highest BCUT2D eigenvalue weighted by Crippen LogP contribution is 2.38. The monoisotopic (exact) mass is 954 g/mol. The molecule has 0 spiro atoms. The Morgan fingerprint density at radius 2 is 1.03 bits per heavy atom. The number of nitrogen functional groups attached to an aromatic ring is 1. The first-order valence-electron chi connectivity index (χ1n) is 20.1. The number of rotatable bonds is 10. The molecular weight excluding hydrogens is 911 g/mol. The molecule has 6 aromatic rings. The van der Waals surface area contributed by atoms with Crippen LogP contribution in [0.4, 0.5) is 17.2 Å². The minimum Gasteiger partial charge on any atom is -0.493 e. The van der Waals surface area contributed by atoms with Crippen molar-refractivity contribution in [3.8, 4) is 34.5 Å². The second kappa shape index (κ2) is 20.4. The highest BCUT2D eigenvalue weighted by Gasteiger charge is 2.49. The van der Waals surface area contributed by atoms with Crippen LogP contribution in [0, 0.1) is 0 Å². The summed E-state index contributed by atoms with van der Waals surface area (Å²) in [4.78, 5) is 16.7. The molecule has 5 N–H and O–H groups in total. The van der Waals surface area contributed by atoms with Gasteiger partial charge in [0, 0.05) is 34.3 Å². The van der Waals surface area contributed by atoms with Crippen LogP contribution in [0.5, 0.6) is 34.5 Å². The maximum atomic E-state index is 9.89. The van der Waals surface area contributed by atoms with E-state index in [2.05, 4.69) is 25.3 Å². The Kier molecular flexibility index (Phi) is 14.5. The lowest BCUT2D eigenvalue weighted by molar-refractivity contribution is 0.00863. The SMILES string of the molecule is COc1cc2ncnc(Cl)c2cc1OC.COc1cc2ncnc(Nc3ccc(OC4CO[C@H]5[C@@H]4OC[C@@H]5O)c(Cl)c3)c2cc1OC.Nc1ccc(OC2CO[C@H]3[C@@H]2OC[C@@H]3O)c(Cl)c1. The standard InChI is InChI=1S/C22H22ClN3O6.C12H14ClNO4.C10H9ClN2O2/c1-28-17-6-12-14(7-18(17)29-2)24-10-25-22(12)26-11-3-4-16(13(23)5-11)32-19-9-31-20-15(27)8-30-21(19)20;13-7-3-6(14)1-2-9(7)18-10-5-17-11-8(15)4-16-12(10)11;1-14-8-3-6-7(4-9(8)15-2)12-5-13-10(6)11/h3-7,10,15,19-21,27H,8-9H2,1-2H3,(H,24,25,26);1-3,8,10-12,15H,4-5,14H2;3-5H,1-2H3/t15-,19?,20+,21+;8-,10?,11+,12+;/m00./s1. The van der Waals surface area contributed by atoms with Crippen LogP contribution in [0.2, 0.25) is 15.2 Å². The molecule has 8 atom stereocenters. The van der Waals surface area contributed by atoms with Crippen LogP contribution in [0.15, 0.2) is 73.3 Å². The Balaban J connectivity index is 0.000000147. The summed E-state index contributed by atoms with van der Waals surface area (Å²) in [6.45, 7) is 1.24. The number of nitrogens with zero attached hydrogens (tertiary/aromatic N) is 4. The summed E-state index contributed by atoms with van der Waals surface area (Å²) in [5.41, 5.74) is 8.37. The number of fused-ring (bicyclic) bond motifs is 4. The van der Waals surface area contributed by atoms with Gasteiger partial charge >= 0.3 is 0 Å². The van der Waals surface area contributed by atoms with Gasteiger partial charge in [-0.3, -0.25) is 0 Å². The van der Waals surface area contributed by atoms with Gasteiger partial charge in [-0.25, -0.2) is 19.9 Å². The minimum atomic E-state index is -0.628. The molecule has 21 heteroatoms. The second-order valence-electron chi connectivity index (χ2n) is 14.9. The van der Waals surface area contributed by atoms with Crippen molar-refractivity contribution in [3.05, 3.63) is 88.5 Å². The summed E-state index contributed by atoms with van der Waals surface area (Å²) >= 11 is 18.5. The third-order valence-corrected chi connectivity index (χ3v) is 11.8. The molecule has 4 aliphatic rings. The predicted octanol–water partition coefficient (Wildman–Crippen LogP) is 6.08. The van der Waals surface area contributed by atoms with Gasteiger partial charge < -0.3 is 68.6 Å². The van der Waals surface area contributed by atoms with E-state index in [-0.39, 0.29) is 49.8 Å². The van der Waals surface area contributed by atoms with E-state index in [0.29, 0.717) is 79.9 Å². The van der Waals surface area contributed by atoms with Crippen molar-refractivity contribution < 1.29 is 57.6 Å². The summed E-state index contributed by atoms with van der Waals surface area (Å²) in [5, 5.41) is 25.6. The first-order valence-corrected chi connectivity index (χ1v) is 21.3. The fourth-order valence-electron chi connectivity index (χ4n) is 7.67. The van der Waals surface area contributed by atoms with Crippen molar-refractivity contribution in [2.24, 2.45) is 0 Å². The fourth-order valence-corrected chi connectivity index (χ4v) is 8.33. The number of methoxy groups -OCH3 is 4. The molecule has 2 unspecified atom stereocenters. The van der Waals surface area contributed by atoms with Crippen LogP contribution in [0.1, 0.15) is 0 Å². The van der Waals surface area contributed by atoms with Crippen molar-refractivity contribution in [2.45, 2.75) is 48.8 Å². The van der Waals surface area contributed by atoms with Crippen molar-refractivity contribution >= 4 is 73.8 Å². The highest BCUT2D eigenvalue weighted by molar-refractivity contribution is 6.34. The summed E-state index contributed by atoms with van der Waals surface area (Å²) < 4.78 is 55.0. The van der Waals surface area contributed by atoms with Gasteiger partial charge in [0.05, 0.1) is 75.9 Å². The highest BCUT2D eigenvalue weighted by atomic mass is 35.5. The number of anilines is 3. The molecule has 0 saturated carbocycles. The summed E-state index contributed by atoms with van der Waals surface area (Å²) in [5.74, 6) is 4.06. The fraction of sp³-hybridized carbons (Fsp3) is 0.364. The van der Waals surface area contributed by atoms with Crippen LogP contribution >= 0.6 is 34.8 Å². The number of aliphatic hydroxyl groups is 2. The molecule has 0 radical (unpaired) electrons. The van der Waals surface area contributed by atoms with Gasteiger partial charge in [0.25, 0.3) is 0 Å². The van der Waals surface area contributed by atoms with Crippen molar-refractivity contribution in [2.75, 3.05) is 65.9 Å². The molecule has 4 aromatic carbocycles. The van der Waals surface area contributed by atoms with Gasteiger partial charge in [-0.05, 0) is 48.5 Å². The van der Waals surface area contributed by atoms with E-state index in [1.165, 1.54) is 12.7 Å². The van der Waals surface area contributed by atoms with Gasteiger partial charge in [-0.15, -0.1) is 0 Å². The van der Waals surface area contributed by atoms with E-state index in [4.69, 9.17) is 87.9 Å². The van der Waals surface area contributed by atoms with E-state index >= 15 is 0 Å². The molecule has 18 nitrogen and oxygen atoms in total. The summed E-state index contributed by atoms with van der Waals surface area (Å²) in [6.07, 6.45) is -0.119. The van der Waals surface area contributed by atoms with Crippen molar-refractivity contribution in [3.63, 3.8) is 0 Å². The molecule has 6 heterocycles. The van der Waals surface area contributed by atoms with E-state index in [9.17, 15) is 10.2 Å². The molecule has 10 rings (SSSR count). The van der Waals surface area contributed by atoms with Gasteiger partial charge in [0.15, 0.2) is 35.2 Å². The van der Waals surface area contributed by atoms with E-state index in [1.54, 1.807) is 77.0 Å². The maximum absolute atomic E-state index is 9.89. The van der Waals surface area contributed by atoms with Gasteiger partial charge in [0.1, 0.15) is 71.7 Å². The topological polar surface area (TPSA) is 222 Å². The van der Waals surface area contributed by atoms with Gasteiger partial charge in [-0.2, -0.15) is 0 Å². The lowest BCUT2D eigenvalue weighted by Gasteiger charge is -2.19.